The Labute approximate surface area is 141 Å². The van der Waals surface area contributed by atoms with Crippen LogP contribution in [0.4, 0.5) is 5.69 Å². The van der Waals surface area contributed by atoms with E-state index in [2.05, 4.69) is 15.5 Å². The molecule has 0 spiro atoms. The molecule has 0 aliphatic carbocycles. The fourth-order valence-electron chi connectivity index (χ4n) is 1.91. The average Bonchev–Trinajstić information content (AvgIpc) is 2.54. The number of aryl methyl sites for hydroxylation is 1. The third kappa shape index (κ3) is 5.17. The van der Waals surface area contributed by atoms with Crippen LogP contribution in [0.3, 0.4) is 0 Å². The van der Waals surface area contributed by atoms with E-state index >= 15 is 0 Å². The van der Waals surface area contributed by atoms with Crippen LogP contribution >= 0.6 is 0 Å². The maximum Gasteiger partial charge on any atom is 0.260 e. The van der Waals surface area contributed by atoms with Gasteiger partial charge in [-0.15, -0.1) is 0 Å². The van der Waals surface area contributed by atoms with E-state index in [0.29, 0.717) is 5.69 Å². The SMILES string of the molecule is Cc1ccc(N(CC(=O)N/N=C\c2ccncc2)S(C)(=O)=O)cc1. The number of carbonyl (C=O) groups is 1. The Balaban J connectivity index is 2.05. The lowest BCUT2D eigenvalue weighted by molar-refractivity contribution is -0.119. The molecule has 1 N–H and O–H groups in total. The summed E-state index contributed by atoms with van der Waals surface area (Å²) >= 11 is 0. The summed E-state index contributed by atoms with van der Waals surface area (Å²) in [6.45, 7) is 1.55. The fourth-order valence-corrected chi connectivity index (χ4v) is 2.76. The van der Waals surface area contributed by atoms with Crippen LogP contribution in [0.25, 0.3) is 0 Å². The van der Waals surface area contributed by atoms with E-state index in [0.717, 1.165) is 21.7 Å². The van der Waals surface area contributed by atoms with Gasteiger partial charge in [-0.2, -0.15) is 5.10 Å². The van der Waals surface area contributed by atoms with Crippen LogP contribution in [0, 0.1) is 6.92 Å². The van der Waals surface area contributed by atoms with Crippen LogP contribution in [-0.4, -0.2) is 38.3 Å². The number of aromatic nitrogens is 1. The topological polar surface area (TPSA) is 91.7 Å². The van der Waals surface area contributed by atoms with Crippen LogP contribution in [0.1, 0.15) is 11.1 Å². The number of pyridine rings is 1. The molecular weight excluding hydrogens is 328 g/mol. The van der Waals surface area contributed by atoms with Gasteiger partial charge in [0.25, 0.3) is 5.91 Å². The van der Waals surface area contributed by atoms with Crippen molar-refractivity contribution in [2.24, 2.45) is 5.10 Å². The lowest BCUT2D eigenvalue weighted by Gasteiger charge is -2.21. The van der Waals surface area contributed by atoms with Crippen LogP contribution in [0.5, 0.6) is 0 Å². The first kappa shape index (κ1) is 17.6. The molecule has 8 heteroatoms. The number of nitrogens with one attached hydrogen (secondary N) is 1. The van der Waals surface area contributed by atoms with E-state index in [1.165, 1.54) is 6.21 Å². The van der Waals surface area contributed by atoms with E-state index in [4.69, 9.17) is 0 Å². The molecule has 1 aromatic carbocycles. The summed E-state index contributed by atoms with van der Waals surface area (Å²) in [6, 6.07) is 10.3. The highest BCUT2D eigenvalue weighted by molar-refractivity contribution is 7.92. The van der Waals surface area contributed by atoms with Crippen molar-refractivity contribution in [1.82, 2.24) is 10.4 Å². The smallest absolute Gasteiger partial charge is 0.260 e. The molecule has 0 atom stereocenters. The van der Waals surface area contributed by atoms with Gasteiger partial charge in [-0.05, 0) is 36.8 Å². The summed E-state index contributed by atoms with van der Waals surface area (Å²) in [5.41, 5.74) is 4.51. The van der Waals surface area contributed by atoms with Crippen molar-refractivity contribution >= 4 is 27.8 Å². The Morgan fingerprint density at radius 2 is 1.83 bits per heavy atom. The van der Waals surface area contributed by atoms with Gasteiger partial charge in [0, 0.05) is 12.4 Å². The Hall–Kier alpha value is -2.74. The molecule has 0 fully saturated rings. The molecule has 24 heavy (non-hydrogen) atoms. The van der Waals surface area contributed by atoms with Crippen LogP contribution in [0.2, 0.25) is 0 Å². The zero-order valence-electron chi connectivity index (χ0n) is 13.4. The first-order valence-electron chi connectivity index (χ1n) is 7.12. The number of hydrogen-bond donors (Lipinski definition) is 1. The predicted molar refractivity (Wildman–Crippen MR) is 93.3 cm³/mol. The number of anilines is 1. The van der Waals surface area contributed by atoms with Gasteiger partial charge in [0.2, 0.25) is 10.0 Å². The molecule has 0 unspecified atom stereocenters. The fraction of sp³-hybridized carbons (Fsp3) is 0.188. The summed E-state index contributed by atoms with van der Waals surface area (Å²) in [6.07, 6.45) is 5.72. The average molecular weight is 346 g/mol. The van der Waals surface area contributed by atoms with Gasteiger partial charge < -0.3 is 0 Å². The molecule has 0 bridgehead atoms. The van der Waals surface area contributed by atoms with Gasteiger partial charge in [-0.25, -0.2) is 13.8 Å². The number of carbonyl (C=O) groups excluding carboxylic acids is 1. The summed E-state index contributed by atoms with van der Waals surface area (Å²) in [5.74, 6) is -0.536. The molecular formula is C16H18N4O3S. The van der Waals surface area contributed by atoms with Crippen molar-refractivity contribution in [2.45, 2.75) is 6.92 Å². The highest BCUT2D eigenvalue weighted by atomic mass is 32.2. The van der Waals surface area contributed by atoms with E-state index in [9.17, 15) is 13.2 Å². The number of benzene rings is 1. The van der Waals surface area contributed by atoms with E-state index in [-0.39, 0.29) is 6.54 Å². The van der Waals surface area contributed by atoms with E-state index in [1.807, 2.05) is 6.92 Å². The molecule has 7 nitrogen and oxygen atoms in total. The minimum Gasteiger partial charge on any atom is -0.271 e. The predicted octanol–water partition coefficient (Wildman–Crippen LogP) is 1.31. The first-order valence-corrected chi connectivity index (χ1v) is 8.97. The molecule has 0 aliphatic rings. The van der Waals surface area contributed by atoms with Gasteiger partial charge in [-0.3, -0.25) is 14.1 Å². The Bertz CT molecular complexity index is 818. The van der Waals surface area contributed by atoms with Crippen molar-refractivity contribution in [1.29, 1.82) is 0 Å². The molecule has 1 heterocycles. The van der Waals surface area contributed by atoms with Crippen molar-refractivity contribution in [3.8, 4) is 0 Å². The number of sulfonamides is 1. The second-order valence-electron chi connectivity index (χ2n) is 5.18. The summed E-state index contributed by atoms with van der Waals surface area (Å²) in [4.78, 5) is 15.9. The van der Waals surface area contributed by atoms with Crippen molar-refractivity contribution < 1.29 is 13.2 Å². The quantitative estimate of drug-likeness (QED) is 0.630. The molecule has 0 saturated carbocycles. The second kappa shape index (κ2) is 7.69. The number of hydrogen-bond acceptors (Lipinski definition) is 5. The lowest BCUT2D eigenvalue weighted by Crippen LogP contribution is -2.39. The maximum atomic E-state index is 12.0. The van der Waals surface area contributed by atoms with Gasteiger partial charge in [0.15, 0.2) is 0 Å². The van der Waals surface area contributed by atoms with Crippen molar-refractivity contribution in [3.63, 3.8) is 0 Å². The van der Waals surface area contributed by atoms with E-state index in [1.54, 1.807) is 48.8 Å². The van der Waals surface area contributed by atoms with Gasteiger partial charge >= 0.3 is 0 Å². The molecule has 0 aliphatic heterocycles. The van der Waals surface area contributed by atoms with Crippen molar-refractivity contribution in [2.75, 3.05) is 17.1 Å². The number of nitrogens with zero attached hydrogens (tertiary/aromatic N) is 3. The number of rotatable bonds is 6. The number of amides is 1. The largest absolute Gasteiger partial charge is 0.271 e. The van der Waals surface area contributed by atoms with Crippen LogP contribution in [0.15, 0.2) is 53.9 Å². The molecule has 2 rings (SSSR count). The Morgan fingerprint density at radius 3 is 2.42 bits per heavy atom. The third-order valence-corrected chi connectivity index (χ3v) is 4.26. The zero-order chi connectivity index (χ0) is 17.6. The van der Waals surface area contributed by atoms with Crippen LogP contribution in [-0.2, 0) is 14.8 Å². The Kier molecular flexibility index (Phi) is 5.64. The first-order chi connectivity index (χ1) is 11.4. The normalized spacial score (nSPS) is 11.4. The van der Waals surface area contributed by atoms with Gasteiger partial charge in [-0.1, -0.05) is 17.7 Å². The minimum absolute atomic E-state index is 0.352. The van der Waals surface area contributed by atoms with Crippen LogP contribution < -0.4 is 9.73 Å². The molecule has 2 aromatic rings. The maximum absolute atomic E-state index is 12.0. The van der Waals surface area contributed by atoms with Crippen molar-refractivity contribution in [3.05, 3.63) is 59.9 Å². The standard InChI is InChI=1S/C16H18N4O3S/c1-13-3-5-15(6-4-13)20(24(2,22)23)12-16(21)19-18-11-14-7-9-17-10-8-14/h3-11H,12H2,1-2H3,(H,19,21)/b18-11-. The second-order valence-corrected chi connectivity index (χ2v) is 7.09. The highest BCUT2D eigenvalue weighted by Crippen LogP contribution is 2.17. The number of hydrazone groups is 1. The van der Waals surface area contributed by atoms with E-state index < -0.39 is 15.9 Å². The molecule has 1 amide bonds. The molecule has 0 saturated heterocycles. The summed E-state index contributed by atoms with van der Waals surface area (Å²) in [5, 5.41) is 3.81. The monoisotopic (exact) mass is 346 g/mol. The zero-order valence-corrected chi connectivity index (χ0v) is 14.2. The molecule has 1 aromatic heterocycles. The third-order valence-electron chi connectivity index (χ3n) is 3.12. The van der Waals surface area contributed by atoms with Gasteiger partial charge in [0.1, 0.15) is 6.54 Å². The Morgan fingerprint density at radius 1 is 1.21 bits per heavy atom. The van der Waals surface area contributed by atoms with Gasteiger partial charge in [0.05, 0.1) is 18.2 Å². The molecule has 126 valence electrons. The molecule has 0 radical (unpaired) electrons. The summed E-state index contributed by atoms with van der Waals surface area (Å²) in [7, 11) is -3.59. The highest BCUT2D eigenvalue weighted by Gasteiger charge is 2.20. The lowest BCUT2D eigenvalue weighted by atomic mass is 10.2. The summed E-state index contributed by atoms with van der Waals surface area (Å²) < 4.78 is 24.9. The minimum atomic E-state index is -3.59.